The Morgan fingerprint density at radius 1 is 1.00 bits per heavy atom. The van der Waals surface area contributed by atoms with Crippen molar-refractivity contribution in [3.63, 3.8) is 0 Å². The van der Waals surface area contributed by atoms with Crippen LogP contribution in [0, 0.1) is 6.92 Å². The zero-order chi connectivity index (χ0) is 19.1. The maximum Gasteiger partial charge on any atom is 0.355 e. The third kappa shape index (κ3) is 5.10. The molecule has 0 aliphatic carbocycles. The average molecular weight is 364 g/mol. The van der Waals surface area contributed by atoms with E-state index in [1.165, 1.54) is 0 Å². The number of carbonyl (C=O) groups is 1. The Morgan fingerprint density at radius 3 is 2.37 bits per heavy atom. The molecule has 0 saturated heterocycles. The number of esters is 1. The van der Waals surface area contributed by atoms with Gasteiger partial charge in [-0.2, -0.15) is 0 Å². The fourth-order valence-electron chi connectivity index (χ4n) is 2.49. The highest BCUT2D eigenvalue weighted by molar-refractivity contribution is 5.89. The molecule has 0 amide bonds. The highest BCUT2D eigenvalue weighted by Crippen LogP contribution is 2.13. The van der Waals surface area contributed by atoms with Crippen molar-refractivity contribution in [3.05, 3.63) is 77.7 Å². The Balaban J connectivity index is 1.51. The quantitative estimate of drug-likeness (QED) is 0.476. The third-order valence-electron chi connectivity index (χ3n) is 3.97. The van der Waals surface area contributed by atoms with E-state index in [1.54, 1.807) is 31.2 Å². The predicted molar refractivity (Wildman–Crippen MR) is 99.9 cm³/mol. The second kappa shape index (κ2) is 8.89. The monoisotopic (exact) mass is 364 g/mol. The van der Waals surface area contributed by atoms with Crippen molar-refractivity contribution < 1.29 is 18.8 Å². The van der Waals surface area contributed by atoms with Gasteiger partial charge in [-0.3, -0.25) is 0 Å². The van der Waals surface area contributed by atoms with Crippen LogP contribution in [-0.4, -0.2) is 29.4 Å². The second-order valence-corrected chi connectivity index (χ2v) is 5.99. The van der Waals surface area contributed by atoms with E-state index in [9.17, 15) is 4.79 Å². The van der Waals surface area contributed by atoms with E-state index in [2.05, 4.69) is 10.2 Å². The van der Waals surface area contributed by atoms with Gasteiger partial charge in [0, 0.05) is 12.5 Å². The van der Waals surface area contributed by atoms with Crippen LogP contribution >= 0.6 is 0 Å². The smallest absolute Gasteiger partial charge is 0.355 e. The summed E-state index contributed by atoms with van der Waals surface area (Å²) in [7, 11) is 0. The summed E-state index contributed by atoms with van der Waals surface area (Å²) in [5.74, 6) is 1.19. The van der Waals surface area contributed by atoms with Crippen molar-refractivity contribution in [2.75, 3.05) is 13.2 Å². The van der Waals surface area contributed by atoms with Crippen LogP contribution in [0.3, 0.4) is 0 Å². The van der Waals surface area contributed by atoms with Crippen molar-refractivity contribution in [1.29, 1.82) is 0 Å². The molecule has 1 aromatic carbocycles. The predicted octanol–water partition coefficient (Wildman–Crippen LogP) is 2.86. The molecule has 0 fully saturated rings. The van der Waals surface area contributed by atoms with Gasteiger partial charge in [-0.1, -0.05) is 0 Å². The fourth-order valence-corrected chi connectivity index (χ4v) is 2.49. The number of ether oxygens (including phenoxy) is 2. The molecule has 0 unspecified atom stereocenters. The lowest BCUT2D eigenvalue weighted by Crippen LogP contribution is -2.31. The van der Waals surface area contributed by atoms with Crippen molar-refractivity contribution in [3.8, 4) is 11.6 Å². The van der Waals surface area contributed by atoms with Gasteiger partial charge in [0.05, 0.1) is 42.0 Å². The molecule has 2 aromatic heterocycles. The topological polar surface area (TPSA) is 65.2 Å². The Hall–Kier alpha value is -3.28. The first-order chi connectivity index (χ1) is 13.2. The highest BCUT2D eigenvalue weighted by atomic mass is 16.5. The molecule has 138 valence electrons. The van der Waals surface area contributed by atoms with Gasteiger partial charge in [0.2, 0.25) is 0 Å². The molecule has 27 heavy (non-hydrogen) atoms. The normalized spacial score (nSPS) is 10.4. The first kappa shape index (κ1) is 18.5. The summed E-state index contributed by atoms with van der Waals surface area (Å²) in [6.45, 7) is 4.61. The molecule has 0 saturated carbocycles. The fraction of sp³-hybridized carbons (Fsp3) is 0.238. The molecular formula is C21H22N3O3+. The molecule has 6 heteroatoms. The third-order valence-corrected chi connectivity index (χ3v) is 3.97. The SMILES string of the molecule is CCOC(=O)c1ccc(OCCc2cc[n+](-c3ccc(C)nn3)cc2)cc1. The lowest BCUT2D eigenvalue weighted by Gasteiger charge is -2.07. The molecule has 0 spiro atoms. The van der Waals surface area contributed by atoms with E-state index in [1.807, 2.05) is 48.1 Å². The van der Waals surface area contributed by atoms with Gasteiger partial charge in [0.1, 0.15) is 5.75 Å². The molecule has 3 aromatic rings. The molecule has 0 radical (unpaired) electrons. The largest absolute Gasteiger partial charge is 0.493 e. The van der Waals surface area contributed by atoms with Gasteiger partial charge in [-0.25, -0.2) is 9.36 Å². The lowest BCUT2D eigenvalue weighted by molar-refractivity contribution is -0.600. The Labute approximate surface area is 158 Å². The number of pyridine rings is 1. The minimum absolute atomic E-state index is 0.320. The van der Waals surface area contributed by atoms with Gasteiger partial charge in [0.15, 0.2) is 0 Å². The van der Waals surface area contributed by atoms with Crippen LogP contribution in [0.1, 0.15) is 28.5 Å². The van der Waals surface area contributed by atoms with Crippen molar-refractivity contribution in [2.45, 2.75) is 20.3 Å². The summed E-state index contributed by atoms with van der Waals surface area (Å²) in [5.41, 5.74) is 2.58. The van der Waals surface area contributed by atoms with Crippen LogP contribution in [0.15, 0.2) is 60.9 Å². The van der Waals surface area contributed by atoms with Gasteiger partial charge in [-0.15, -0.1) is 0 Å². The maximum atomic E-state index is 11.6. The van der Waals surface area contributed by atoms with Crippen LogP contribution in [0.2, 0.25) is 0 Å². The van der Waals surface area contributed by atoms with E-state index in [0.29, 0.717) is 18.8 Å². The molecule has 0 aliphatic rings. The summed E-state index contributed by atoms with van der Waals surface area (Å²) in [5, 5.41) is 8.23. The summed E-state index contributed by atoms with van der Waals surface area (Å²) in [4.78, 5) is 11.6. The van der Waals surface area contributed by atoms with Gasteiger partial charge < -0.3 is 9.47 Å². The molecule has 0 aliphatic heterocycles. The maximum absolute atomic E-state index is 11.6. The van der Waals surface area contributed by atoms with Crippen molar-refractivity contribution >= 4 is 5.97 Å². The number of aryl methyl sites for hydroxylation is 1. The number of rotatable bonds is 7. The molecule has 0 bridgehead atoms. The van der Waals surface area contributed by atoms with E-state index in [0.717, 1.165) is 29.2 Å². The summed E-state index contributed by atoms with van der Waals surface area (Å²) in [6, 6.07) is 14.9. The van der Waals surface area contributed by atoms with Crippen molar-refractivity contribution in [2.24, 2.45) is 0 Å². The first-order valence-corrected chi connectivity index (χ1v) is 8.86. The van der Waals surface area contributed by atoms with E-state index in [-0.39, 0.29) is 5.97 Å². The Morgan fingerprint density at radius 2 is 1.74 bits per heavy atom. The Bertz CT molecular complexity index is 876. The van der Waals surface area contributed by atoms with Crippen molar-refractivity contribution in [1.82, 2.24) is 10.2 Å². The van der Waals surface area contributed by atoms with E-state index >= 15 is 0 Å². The zero-order valence-corrected chi connectivity index (χ0v) is 15.5. The van der Waals surface area contributed by atoms with Crippen LogP contribution in [0.5, 0.6) is 5.75 Å². The number of hydrogen-bond acceptors (Lipinski definition) is 5. The molecular weight excluding hydrogens is 342 g/mol. The van der Waals surface area contributed by atoms with Crippen LogP contribution in [-0.2, 0) is 11.2 Å². The van der Waals surface area contributed by atoms with Gasteiger partial charge >= 0.3 is 11.8 Å². The molecule has 0 atom stereocenters. The van der Waals surface area contributed by atoms with E-state index in [4.69, 9.17) is 9.47 Å². The number of aromatic nitrogens is 3. The number of hydrogen-bond donors (Lipinski definition) is 0. The molecule has 0 N–H and O–H groups in total. The average Bonchev–Trinajstić information content (AvgIpc) is 2.70. The number of benzene rings is 1. The van der Waals surface area contributed by atoms with Crippen LogP contribution in [0.25, 0.3) is 5.82 Å². The lowest BCUT2D eigenvalue weighted by atomic mass is 10.2. The molecule has 6 nitrogen and oxygen atoms in total. The Kier molecular flexibility index (Phi) is 6.10. The summed E-state index contributed by atoms with van der Waals surface area (Å²) in [6.07, 6.45) is 4.70. The minimum atomic E-state index is -0.320. The first-order valence-electron chi connectivity index (χ1n) is 8.86. The zero-order valence-electron chi connectivity index (χ0n) is 15.5. The van der Waals surface area contributed by atoms with Gasteiger partial charge in [0.25, 0.3) is 0 Å². The minimum Gasteiger partial charge on any atom is -0.493 e. The standard InChI is InChI=1S/C21H22N3O3/c1-3-26-21(25)18-5-7-19(8-6-18)27-15-12-17-10-13-24(14-11-17)20-9-4-16(2)22-23-20/h4-11,13-14H,3,12,15H2,1-2H3/q+1. The summed E-state index contributed by atoms with van der Waals surface area (Å²) < 4.78 is 12.6. The van der Waals surface area contributed by atoms with Gasteiger partial charge in [-0.05, 0) is 67.0 Å². The number of carbonyl (C=O) groups excluding carboxylic acids is 1. The molecule has 2 heterocycles. The highest BCUT2D eigenvalue weighted by Gasteiger charge is 2.08. The number of nitrogens with zero attached hydrogens (tertiary/aromatic N) is 3. The van der Waals surface area contributed by atoms with Crippen LogP contribution in [0.4, 0.5) is 0 Å². The van der Waals surface area contributed by atoms with E-state index < -0.39 is 0 Å². The summed E-state index contributed by atoms with van der Waals surface area (Å²) >= 11 is 0. The molecule has 3 rings (SSSR count). The van der Waals surface area contributed by atoms with Crippen LogP contribution < -0.4 is 9.30 Å². The second-order valence-electron chi connectivity index (χ2n) is 5.99.